The molecular weight excluding hydrogens is 140 g/mol. The number of rotatable bonds is 5. The largest absolute Gasteiger partial charge is 0.385 e. The van der Waals surface area contributed by atoms with Crippen LogP contribution in [0.5, 0.6) is 0 Å². The minimum atomic E-state index is -0.700. The van der Waals surface area contributed by atoms with Gasteiger partial charge in [-0.25, -0.2) is 0 Å². The van der Waals surface area contributed by atoms with Gasteiger partial charge in [-0.1, -0.05) is 19.8 Å². The minimum Gasteiger partial charge on any atom is -0.385 e. The number of aliphatic hydroxyl groups excluding tert-OH is 1. The zero-order valence-corrected chi connectivity index (χ0v) is 7.05. The second-order valence-electron chi connectivity index (χ2n) is 3.37. The third-order valence-electron chi connectivity index (χ3n) is 2.25. The molecule has 0 spiro atoms. The fourth-order valence-electron chi connectivity index (χ4n) is 1.15. The highest BCUT2D eigenvalue weighted by Gasteiger charge is 2.23. The molecule has 0 aromatic rings. The molecule has 1 saturated carbocycles. The molecule has 2 heteroatoms. The van der Waals surface area contributed by atoms with E-state index in [1.165, 1.54) is 12.8 Å². The van der Waals surface area contributed by atoms with Crippen molar-refractivity contribution in [3.05, 3.63) is 0 Å². The van der Waals surface area contributed by atoms with Gasteiger partial charge >= 0.3 is 0 Å². The van der Waals surface area contributed by atoms with Crippen molar-refractivity contribution in [2.75, 3.05) is 0 Å². The van der Waals surface area contributed by atoms with Gasteiger partial charge in [-0.15, -0.1) is 0 Å². The minimum absolute atomic E-state index is 0.0272. The van der Waals surface area contributed by atoms with Crippen molar-refractivity contribution < 1.29 is 9.90 Å². The summed E-state index contributed by atoms with van der Waals surface area (Å²) in [7, 11) is 0. The monoisotopic (exact) mass is 156 g/mol. The van der Waals surface area contributed by atoms with E-state index >= 15 is 0 Å². The lowest BCUT2D eigenvalue weighted by Crippen LogP contribution is -2.18. The van der Waals surface area contributed by atoms with Crippen LogP contribution in [0.4, 0.5) is 0 Å². The summed E-state index contributed by atoms with van der Waals surface area (Å²) in [6, 6.07) is 0. The van der Waals surface area contributed by atoms with E-state index in [0.717, 1.165) is 12.3 Å². The Hall–Kier alpha value is -0.370. The summed E-state index contributed by atoms with van der Waals surface area (Å²) < 4.78 is 0. The SMILES string of the molecule is CCC(O)C(=O)CCC1CC1. The number of carbonyl (C=O) groups is 1. The predicted octanol–water partition coefficient (Wildman–Crippen LogP) is 1.52. The first-order valence-corrected chi connectivity index (χ1v) is 4.44. The Morgan fingerprint density at radius 2 is 2.27 bits per heavy atom. The Labute approximate surface area is 67.6 Å². The van der Waals surface area contributed by atoms with Gasteiger partial charge in [-0.3, -0.25) is 4.79 Å². The number of Topliss-reactive ketones (excluding diaryl/α,β-unsaturated/α-hetero) is 1. The Morgan fingerprint density at radius 3 is 2.73 bits per heavy atom. The fourth-order valence-corrected chi connectivity index (χ4v) is 1.15. The van der Waals surface area contributed by atoms with Crippen LogP contribution in [0, 0.1) is 5.92 Å². The first-order chi connectivity index (χ1) is 5.24. The van der Waals surface area contributed by atoms with E-state index in [1.54, 1.807) is 0 Å². The van der Waals surface area contributed by atoms with E-state index in [4.69, 9.17) is 5.11 Å². The summed E-state index contributed by atoms with van der Waals surface area (Å²) in [5.41, 5.74) is 0. The lowest BCUT2D eigenvalue weighted by atomic mass is 10.1. The van der Waals surface area contributed by atoms with Gasteiger partial charge in [-0.05, 0) is 18.8 Å². The van der Waals surface area contributed by atoms with Gasteiger partial charge in [0.1, 0.15) is 6.10 Å². The van der Waals surface area contributed by atoms with Crippen LogP contribution in [-0.2, 0) is 4.79 Å². The second-order valence-corrected chi connectivity index (χ2v) is 3.37. The molecule has 0 saturated heterocycles. The van der Waals surface area contributed by atoms with Gasteiger partial charge in [0.05, 0.1) is 0 Å². The van der Waals surface area contributed by atoms with Gasteiger partial charge < -0.3 is 5.11 Å². The molecular formula is C9H16O2. The highest BCUT2D eigenvalue weighted by atomic mass is 16.3. The lowest BCUT2D eigenvalue weighted by Gasteiger charge is -2.04. The number of hydrogen-bond donors (Lipinski definition) is 1. The molecule has 0 heterocycles. The summed E-state index contributed by atoms with van der Waals surface area (Å²) in [5, 5.41) is 9.11. The van der Waals surface area contributed by atoms with E-state index < -0.39 is 6.10 Å². The average molecular weight is 156 g/mol. The quantitative estimate of drug-likeness (QED) is 0.655. The van der Waals surface area contributed by atoms with E-state index in [0.29, 0.717) is 12.8 Å². The van der Waals surface area contributed by atoms with Crippen LogP contribution in [0.1, 0.15) is 39.0 Å². The van der Waals surface area contributed by atoms with Crippen molar-refractivity contribution >= 4 is 5.78 Å². The number of aliphatic hydroxyl groups is 1. The van der Waals surface area contributed by atoms with Crippen LogP contribution in [0.25, 0.3) is 0 Å². The molecule has 0 bridgehead atoms. The Balaban J connectivity index is 2.08. The van der Waals surface area contributed by atoms with Crippen molar-refractivity contribution in [2.24, 2.45) is 5.92 Å². The van der Waals surface area contributed by atoms with Crippen molar-refractivity contribution in [1.29, 1.82) is 0 Å². The van der Waals surface area contributed by atoms with Crippen molar-refractivity contribution in [3.8, 4) is 0 Å². The molecule has 1 fully saturated rings. The summed E-state index contributed by atoms with van der Waals surface area (Å²) >= 11 is 0. The molecule has 1 aliphatic carbocycles. The van der Waals surface area contributed by atoms with Crippen LogP contribution in [0.2, 0.25) is 0 Å². The number of hydrogen-bond acceptors (Lipinski definition) is 2. The average Bonchev–Trinajstić information content (AvgIpc) is 2.81. The standard InChI is InChI=1S/C9H16O2/c1-2-8(10)9(11)6-5-7-3-4-7/h7-8,10H,2-6H2,1H3. The maximum absolute atomic E-state index is 11.1. The van der Waals surface area contributed by atoms with Crippen LogP contribution in [-0.4, -0.2) is 17.0 Å². The smallest absolute Gasteiger partial charge is 0.161 e. The summed E-state index contributed by atoms with van der Waals surface area (Å²) in [4.78, 5) is 11.1. The van der Waals surface area contributed by atoms with E-state index in [9.17, 15) is 4.79 Å². The van der Waals surface area contributed by atoms with Crippen LogP contribution in [0.15, 0.2) is 0 Å². The summed E-state index contributed by atoms with van der Waals surface area (Å²) in [5.74, 6) is 0.822. The molecule has 0 amide bonds. The van der Waals surface area contributed by atoms with Gasteiger partial charge in [0.25, 0.3) is 0 Å². The molecule has 0 aromatic carbocycles. The Morgan fingerprint density at radius 1 is 1.64 bits per heavy atom. The second kappa shape index (κ2) is 3.86. The molecule has 1 N–H and O–H groups in total. The first kappa shape index (κ1) is 8.72. The topological polar surface area (TPSA) is 37.3 Å². The van der Waals surface area contributed by atoms with E-state index in [1.807, 2.05) is 6.92 Å². The molecule has 64 valence electrons. The van der Waals surface area contributed by atoms with E-state index in [2.05, 4.69) is 0 Å². The maximum atomic E-state index is 11.1. The molecule has 1 rings (SSSR count). The van der Waals surface area contributed by atoms with Crippen LogP contribution in [0.3, 0.4) is 0 Å². The van der Waals surface area contributed by atoms with Gasteiger partial charge in [-0.2, -0.15) is 0 Å². The zero-order chi connectivity index (χ0) is 8.27. The number of carbonyl (C=O) groups excluding carboxylic acids is 1. The van der Waals surface area contributed by atoms with Crippen LogP contribution >= 0.6 is 0 Å². The highest BCUT2D eigenvalue weighted by Crippen LogP contribution is 2.33. The van der Waals surface area contributed by atoms with E-state index in [-0.39, 0.29) is 5.78 Å². The molecule has 1 atom stereocenters. The van der Waals surface area contributed by atoms with Crippen molar-refractivity contribution in [2.45, 2.75) is 45.1 Å². The number of ketones is 1. The zero-order valence-electron chi connectivity index (χ0n) is 7.05. The molecule has 11 heavy (non-hydrogen) atoms. The van der Waals surface area contributed by atoms with Crippen molar-refractivity contribution in [3.63, 3.8) is 0 Å². The highest BCUT2D eigenvalue weighted by molar-refractivity contribution is 5.82. The first-order valence-electron chi connectivity index (χ1n) is 4.44. The molecule has 0 radical (unpaired) electrons. The third-order valence-corrected chi connectivity index (χ3v) is 2.25. The predicted molar refractivity (Wildman–Crippen MR) is 43.3 cm³/mol. The third kappa shape index (κ3) is 3.02. The van der Waals surface area contributed by atoms with Crippen molar-refractivity contribution in [1.82, 2.24) is 0 Å². The van der Waals surface area contributed by atoms with Gasteiger partial charge in [0.2, 0.25) is 0 Å². The normalized spacial score (nSPS) is 19.8. The molecule has 0 aliphatic heterocycles. The summed E-state index contributed by atoms with van der Waals surface area (Å²) in [6.45, 7) is 1.83. The maximum Gasteiger partial charge on any atom is 0.161 e. The molecule has 1 unspecified atom stereocenters. The van der Waals surface area contributed by atoms with Gasteiger partial charge in [0.15, 0.2) is 5.78 Å². The fraction of sp³-hybridized carbons (Fsp3) is 0.889. The Bertz CT molecular complexity index is 138. The summed E-state index contributed by atoms with van der Waals surface area (Å²) in [6.07, 6.45) is 4.01. The van der Waals surface area contributed by atoms with Crippen LogP contribution < -0.4 is 0 Å². The molecule has 1 aliphatic rings. The lowest BCUT2D eigenvalue weighted by molar-refractivity contribution is -0.127. The Kier molecular flexibility index (Phi) is 3.06. The molecule has 0 aromatic heterocycles. The molecule has 2 nitrogen and oxygen atoms in total. The van der Waals surface area contributed by atoms with Gasteiger partial charge in [0, 0.05) is 6.42 Å².